The lowest BCUT2D eigenvalue weighted by Crippen LogP contribution is -1.81. The summed E-state index contributed by atoms with van der Waals surface area (Å²) in [5.74, 6) is 0. The molecule has 11 heavy (non-hydrogen) atoms. The summed E-state index contributed by atoms with van der Waals surface area (Å²) in [7, 11) is -1.83. The summed E-state index contributed by atoms with van der Waals surface area (Å²) in [6, 6.07) is 0. The van der Waals surface area contributed by atoms with Crippen molar-refractivity contribution in [3.63, 3.8) is 0 Å². The molecule has 0 unspecified atom stereocenters. The highest BCUT2D eigenvalue weighted by atomic mass is 31.1. The van der Waals surface area contributed by atoms with Crippen LogP contribution in [0.2, 0.25) is 0 Å². The highest BCUT2D eigenvalue weighted by Gasteiger charge is 2.15. The van der Waals surface area contributed by atoms with Crippen LogP contribution in [0.25, 0.3) is 0 Å². The second-order valence-electron chi connectivity index (χ2n) is 1.77. The summed E-state index contributed by atoms with van der Waals surface area (Å²) in [5, 5.41) is 0. The molecule has 0 radical (unpaired) electrons. The van der Waals surface area contributed by atoms with Gasteiger partial charge in [-0.05, 0) is 13.8 Å². The average Bonchev–Trinajstić information content (AvgIpc) is 1.90. The van der Waals surface area contributed by atoms with Crippen molar-refractivity contribution in [2.75, 3.05) is 13.2 Å². The van der Waals surface area contributed by atoms with Gasteiger partial charge in [-0.25, -0.2) is 0 Å². The first-order valence-corrected chi connectivity index (χ1v) is 5.05. The van der Waals surface area contributed by atoms with Crippen LogP contribution in [0.15, 0.2) is 0 Å². The first-order chi connectivity index (χ1) is 5.22. The molecule has 0 fully saturated rings. The van der Waals surface area contributed by atoms with Gasteiger partial charge in [0.2, 0.25) is 0 Å². The maximum atomic E-state index is 10.3. The lowest BCUT2D eigenvalue weighted by molar-refractivity contribution is 0.243. The van der Waals surface area contributed by atoms with Crippen LogP contribution >= 0.6 is 8.25 Å². The quantitative estimate of drug-likeness (QED) is 0.625. The van der Waals surface area contributed by atoms with Crippen molar-refractivity contribution in [2.24, 2.45) is 0 Å². The van der Waals surface area contributed by atoms with E-state index in [1.54, 1.807) is 13.8 Å². The van der Waals surface area contributed by atoms with Gasteiger partial charge in [-0.15, -0.1) is 9.05 Å². The van der Waals surface area contributed by atoms with Gasteiger partial charge in [-0.2, -0.15) is 0 Å². The summed E-state index contributed by atoms with van der Waals surface area (Å²) in [5.41, 5.74) is 0. The Morgan fingerprint density at radius 1 is 1.00 bits per heavy atom. The molecule has 0 amide bonds. The molecule has 3 nitrogen and oxygen atoms in total. The largest absolute Gasteiger partial charge is 0.697 e. The summed E-state index contributed by atoms with van der Waals surface area (Å²) in [6.45, 7) is 8.67. The molecule has 0 rings (SSSR count). The Bertz CT molecular complexity index is 77.8. The highest BCUT2D eigenvalue weighted by Crippen LogP contribution is 2.21. The molecule has 0 aromatic heterocycles. The summed E-state index contributed by atoms with van der Waals surface area (Å²) in [6.07, 6.45) is 1.25. The Hall–Kier alpha value is 0.0200. The van der Waals surface area contributed by atoms with E-state index < -0.39 is 8.25 Å². The molecular weight excluding hydrogens is 163 g/mol. The van der Waals surface area contributed by atoms with Crippen LogP contribution < -0.4 is 0 Å². The molecule has 0 spiro atoms. The molecule has 68 valence electrons. The van der Waals surface area contributed by atoms with E-state index in [4.69, 9.17) is 0 Å². The van der Waals surface area contributed by atoms with Gasteiger partial charge in [0.05, 0.1) is 0 Å². The molecule has 0 aliphatic rings. The van der Waals surface area contributed by atoms with Gasteiger partial charge in [0.25, 0.3) is 0 Å². The van der Waals surface area contributed by atoms with Crippen molar-refractivity contribution >= 4 is 8.25 Å². The van der Waals surface area contributed by atoms with Crippen molar-refractivity contribution < 1.29 is 13.6 Å². The molecule has 0 heterocycles. The molecule has 0 saturated carbocycles. The molecule has 0 N–H and O–H groups in total. The van der Waals surface area contributed by atoms with Gasteiger partial charge >= 0.3 is 8.25 Å². The van der Waals surface area contributed by atoms with Gasteiger partial charge in [0.15, 0.2) is 0 Å². The number of rotatable bonds is 4. The molecule has 4 heteroatoms. The van der Waals surface area contributed by atoms with E-state index in [0.717, 1.165) is 0 Å². The third-order valence-electron chi connectivity index (χ3n) is 0.469. The minimum Gasteiger partial charge on any atom is -0.119 e. The van der Waals surface area contributed by atoms with Crippen LogP contribution in [0.4, 0.5) is 0 Å². The lowest BCUT2D eigenvalue weighted by atomic mass is 10.6. The zero-order valence-corrected chi connectivity index (χ0v) is 8.69. The SMILES string of the molecule is CCC.CCO[P+](=O)OCC. The minimum atomic E-state index is -1.83. The Morgan fingerprint density at radius 2 is 1.27 bits per heavy atom. The standard InChI is InChI=1S/C4H10O3P.C3H8/c1-3-6-8(5)7-4-2;1-3-2/h3-4H2,1-2H3;3H2,1-2H3/q+1;. The Morgan fingerprint density at radius 3 is 1.45 bits per heavy atom. The number of hydrogen-bond donors (Lipinski definition) is 0. The van der Waals surface area contributed by atoms with Gasteiger partial charge in [0.1, 0.15) is 13.2 Å². The summed E-state index contributed by atoms with van der Waals surface area (Å²) < 4.78 is 19.5. The molecule has 0 aliphatic heterocycles. The van der Waals surface area contributed by atoms with Crippen molar-refractivity contribution in [3.05, 3.63) is 0 Å². The van der Waals surface area contributed by atoms with E-state index in [1.165, 1.54) is 6.42 Å². The fraction of sp³-hybridized carbons (Fsp3) is 1.00. The van der Waals surface area contributed by atoms with Gasteiger partial charge in [-0.1, -0.05) is 20.3 Å². The van der Waals surface area contributed by atoms with Crippen molar-refractivity contribution in [3.8, 4) is 0 Å². The molecule has 0 bridgehead atoms. The normalized spacial score (nSPS) is 8.36. The maximum absolute atomic E-state index is 10.3. The molecular formula is C7H18O3P+. The highest BCUT2D eigenvalue weighted by molar-refractivity contribution is 7.33. The summed E-state index contributed by atoms with van der Waals surface area (Å²) >= 11 is 0. The average molecular weight is 181 g/mol. The van der Waals surface area contributed by atoms with Gasteiger partial charge < -0.3 is 0 Å². The minimum absolute atomic E-state index is 0.440. The predicted molar refractivity (Wildman–Crippen MR) is 46.8 cm³/mol. The third-order valence-corrected chi connectivity index (χ3v) is 1.41. The van der Waals surface area contributed by atoms with Crippen LogP contribution in [0.3, 0.4) is 0 Å². The van der Waals surface area contributed by atoms with Crippen LogP contribution in [0.1, 0.15) is 34.1 Å². The van der Waals surface area contributed by atoms with E-state index in [9.17, 15) is 4.57 Å². The lowest BCUT2D eigenvalue weighted by Gasteiger charge is -1.78. The van der Waals surface area contributed by atoms with Gasteiger partial charge in [0, 0.05) is 4.57 Å². The van der Waals surface area contributed by atoms with E-state index in [0.29, 0.717) is 13.2 Å². The molecule has 0 aromatic rings. The van der Waals surface area contributed by atoms with Crippen molar-refractivity contribution in [1.29, 1.82) is 0 Å². The first-order valence-electron chi connectivity index (χ1n) is 3.95. The third kappa shape index (κ3) is 17.8. The topological polar surface area (TPSA) is 35.5 Å². The molecule has 0 aliphatic carbocycles. The van der Waals surface area contributed by atoms with Crippen LogP contribution in [-0.2, 0) is 13.6 Å². The molecule has 0 atom stereocenters. The second kappa shape index (κ2) is 12.7. The Balaban J connectivity index is 0. The van der Waals surface area contributed by atoms with E-state index in [-0.39, 0.29) is 0 Å². The Kier molecular flexibility index (Phi) is 15.7. The van der Waals surface area contributed by atoms with E-state index >= 15 is 0 Å². The zero-order chi connectivity index (χ0) is 9.11. The van der Waals surface area contributed by atoms with E-state index in [1.807, 2.05) is 0 Å². The van der Waals surface area contributed by atoms with Crippen molar-refractivity contribution in [1.82, 2.24) is 0 Å². The molecule has 0 saturated heterocycles. The Labute approximate surface area is 70.0 Å². The second-order valence-corrected chi connectivity index (χ2v) is 2.73. The predicted octanol–water partition coefficient (Wildman–Crippen LogP) is 3.13. The molecule has 0 aromatic carbocycles. The monoisotopic (exact) mass is 181 g/mol. The van der Waals surface area contributed by atoms with Gasteiger partial charge in [-0.3, -0.25) is 0 Å². The van der Waals surface area contributed by atoms with Crippen molar-refractivity contribution in [2.45, 2.75) is 34.1 Å². The fourth-order valence-electron chi connectivity index (χ4n) is 0.248. The number of hydrogen-bond acceptors (Lipinski definition) is 3. The zero-order valence-electron chi connectivity index (χ0n) is 7.79. The van der Waals surface area contributed by atoms with Crippen LogP contribution in [0, 0.1) is 0 Å². The van der Waals surface area contributed by atoms with Crippen LogP contribution in [0.5, 0.6) is 0 Å². The smallest absolute Gasteiger partial charge is 0.119 e. The fourth-order valence-corrected chi connectivity index (χ4v) is 0.744. The van der Waals surface area contributed by atoms with E-state index in [2.05, 4.69) is 22.9 Å². The van der Waals surface area contributed by atoms with Crippen LogP contribution in [-0.4, -0.2) is 13.2 Å². The summed E-state index contributed by atoms with van der Waals surface area (Å²) in [4.78, 5) is 0. The maximum Gasteiger partial charge on any atom is 0.697 e. The first kappa shape index (κ1) is 13.6.